The molecule has 7 nitrogen and oxygen atoms in total. The molecule has 0 bridgehead atoms. The molecular formula is C12H17N3O4. The highest BCUT2D eigenvalue weighted by molar-refractivity contribution is 6.12. The minimum absolute atomic E-state index is 0.566. The van der Waals surface area contributed by atoms with E-state index in [1.54, 1.807) is 16.9 Å². The molecule has 0 saturated heterocycles. The zero-order chi connectivity index (χ0) is 14.3. The van der Waals surface area contributed by atoms with E-state index in [1.807, 2.05) is 0 Å². The Balaban J connectivity index is 2.71. The molecule has 0 aliphatic carbocycles. The van der Waals surface area contributed by atoms with Crippen LogP contribution < -0.4 is 5.32 Å². The quantitative estimate of drug-likeness (QED) is 0.285. The predicted molar refractivity (Wildman–Crippen MR) is 68.7 cm³/mol. The number of rotatable bonds is 8. The largest absolute Gasteiger partial charge is 0.477 e. The van der Waals surface area contributed by atoms with Crippen molar-refractivity contribution in [3.63, 3.8) is 0 Å². The van der Waals surface area contributed by atoms with E-state index >= 15 is 0 Å². The third-order valence-electron chi connectivity index (χ3n) is 2.52. The van der Waals surface area contributed by atoms with Crippen molar-refractivity contribution in [3.8, 4) is 0 Å². The van der Waals surface area contributed by atoms with Crippen molar-refractivity contribution >= 4 is 17.8 Å². The Hall–Kier alpha value is -2.31. The standard InChI is InChI=1S/C12H17N3O4/c1-2-3-4-7-15-10(5-6-14-15)13-8-9(11(16)17)12(18)19/h5-6,8,13H,2-4,7H2,1H3,(H,16,17)(H,18,19). The molecule has 0 spiro atoms. The highest BCUT2D eigenvalue weighted by atomic mass is 16.4. The van der Waals surface area contributed by atoms with Crippen molar-refractivity contribution in [1.82, 2.24) is 9.78 Å². The number of carbonyl (C=O) groups is 2. The molecule has 0 fully saturated rings. The zero-order valence-corrected chi connectivity index (χ0v) is 10.7. The van der Waals surface area contributed by atoms with Gasteiger partial charge in [0.1, 0.15) is 5.82 Å². The van der Waals surface area contributed by atoms with Crippen LogP contribution in [0.4, 0.5) is 5.82 Å². The molecule has 0 radical (unpaired) electrons. The third kappa shape index (κ3) is 4.46. The van der Waals surface area contributed by atoms with Gasteiger partial charge in [0.05, 0.1) is 6.20 Å². The van der Waals surface area contributed by atoms with Gasteiger partial charge in [-0.2, -0.15) is 5.10 Å². The van der Waals surface area contributed by atoms with E-state index in [-0.39, 0.29) is 0 Å². The third-order valence-corrected chi connectivity index (χ3v) is 2.52. The fraction of sp³-hybridized carbons (Fsp3) is 0.417. The molecule has 104 valence electrons. The van der Waals surface area contributed by atoms with Gasteiger partial charge in [-0.25, -0.2) is 14.3 Å². The number of anilines is 1. The van der Waals surface area contributed by atoms with Crippen LogP contribution in [-0.2, 0) is 16.1 Å². The maximum absolute atomic E-state index is 10.7. The van der Waals surface area contributed by atoms with Crippen molar-refractivity contribution in [2.24, 2.45) is 0 Å². The summed E-state index contributed by atoms with van der Waals surface area (Å²) in [5.74, 6) is -2.41. The van der Waals surface area contributed by atoms with Crippen LogP contribution >= 0.6 is 0 Å². The van der Waals surface area contributed by atoms with Crippen LogP contribution in [0, 0.1) is 0 Å². The number of aromatic nitrogens is 2. The maximum atomic E-state index is 10.7. The summed E-state index contributed by atoms with van der Waals surface area (Å²) in [5.41, 5.74) is -0.721. The van der Waals surface area contributed by atoms with Gasteiger partial charge in [0, 0.05) is 18.8 Å². The van der Waals surface area contributed by atoms with E-state index in [1.165, 1.54) is 0 Å². The van der Waals surface area contributed by atoms with E-state index in [0.717, 1.165) is 25.5 Å². The molecule has 19 heavy (non-hydrogen) atoms. The van der Waals surface area contributed by atoms with Crippen molar-refractivity contribution in [2.45, 2.75) is 32.7 Å². The number of carboxylic acids is 2. The molecule has 1 rings (SSSR count). The molecule has 0 amide bonds. The van der Waals surface area contributed by atoms with Crippen LogP contribution in [0.5, 0.6) is 0 Å². The lowest BCUT2D eigenvalue weighted by Crippen LogP contribution is -2.14. The predicted octanol–water partition coefficient (Wildman–Crippen LogP) is 1.54. The van der Waals surface area contributed by atoms with E-state index in [9.17, 15) is 9.59 Å². The van der Waals surface area contributed by atoms with Crippen molar-refractivity contribution in [1.29, 1.82) is 0 Å². The minimum atomic E-state index is -1.49. The van der Waals surface area contributed by atoms with E-state index < -0.39 is 17.5 Å². The number of hydrogen-bond acceptors (Lipinski definition) is 4. The fourth-order valence-corrected chi connectivity index (χ4v) is 1.51. The number of unbranched alkanes of at least 4 members (excludes halogenated alkanes) is 2. The van der Waals surface area contributed by atoms with Gasteiger partial charge in [0.2, 0.25) is 0 Å². The van der Waals surface area contributed by atoms with Gasteiger partial charge in [0.25, 0.3) is 0 Å². The number of nitrogens with one attached hydrogen (secondary N) is 1. The second-order valence-corrected chi connectivity index (χ2v) is 3.96. The van der Waals surface area contributed by atoms with Crippen LogP contribution in [-0.4, -0.2) is 31.9 Å². The Bertz CT molecular complexity index is 463. The Morgan fingerprint density at radius 1 is 1.37 bits per heavy atom. The lowest BCUT2D eigenvalue weighted by atomic mass is 10.2. The van der Waals surface area contributed by atoms with Crippen LogP contribution in [0.25, 0.3) is 0 Å². The average Bonchev–Trinajstić information content (AvgIpc) is 2.76. The molecule has 1 heterocycles. The highest BCUT2D eigenvalue weighted by Gasteiger charge is 2.15. The van der Waals surface area contributed by atoms with Crippen LogP contribution in [0.3, 0.4) is 0 Å². The summed E-state index contributed by atoms with van der Waals surface area (Å²) in [7, 11) is 0. The molecule has 3 N–H and O–H groups in total. The summed E-state index contributed by atoms with van der Waals surface area (Å²) < 4.78 is 1.67. The summed E-state index contributed by atoms with van der Waals surface area (Å²) in [6.07, 6.45) is 5.65. The Morgan fingerprint density at radius 2 is 2.05 bits per heavy atom. The summed E-state index contributed by atoms with van der Waals surface area (Å²) in [4.78, 5) is 21.4. The van der Waals surface area contributed by atoms with Gasteiger partial charge < -0.3 is 15.5 Å². The van der Waals surface area contributed by atoms with Gasteiger partial charge >= 0.3 is 11.9 Å². The van der Waals surface area contributed by atoms with E-state index in [4.69, 9.17) is 10.2 Å². The smallest absolute Gasteiger partial charge is 0.344 e. The second kappa shape index (κ2) is 7.20. The fourth-order valence-electron chi connectivity index (χ4n) is 1.51. The number of aliphatic carboxylic acids is 2. The molecule has 1 aromatic heterocycles. The summed E-state index contributed by atoms with van der Waals surface area (Å²) >= 11 is 0. The topological polar surface area (TPSA) is 104 Å². The van der Waals surface area contributed by atoms with Gasteiger partial charge in [0.15, 0.2) is 5.57 Å². The first-order valence-corrected chi connectivity index (χ1v) is 6.01. The highest BCUT2D eigenvalue weighted by Crippen LogP contribution is 2.09. The summed E-state index contributed by atoms with van der Waals surface area (Å²) in [6.45, 7) is 2.80. The Kier molecular flexibility index (Phi) is 5.59. The lowest BCUT2D eigenvalue weighted by Gasteiger charge is -2.07. The molecule has 1 aromatic rings. The van der Waals surface area contributed by atoms with E-state index in [2.05, 4.69) is 17.3 Å². The molecule has 0 aliphatic rings. The normalized spacial score (nSPS) is 9.95. The number of hydrogen-bond donors (Lipinski definition) is 3. The first kappa shape index (κ1) is 14.7. The maximum Gasteiger partial charge on any atom is 0.344 e. The van der Waals surface area contributed by atoms with Gasteiger partial charge in [-0.1, -0.05) is 19.8 Å². The van der Waals surface area contributed by atoms with Crippen LogP contribution in [0.1, 0.15) is 26.2 Å². The van der Waals surface area contributed by atoms with Gasteiger partial charge in [-0.05, 0) is 6.42 Å². The van der Waals surface area contributed by atoms with Crippen LogP contribution in [0.15, 0.2) is 24.0 Å². The average molecular weight is 267 g/mol. The summed E-state index contributed by atoms with van der Waals surface area (Å²) in [5, 5.41) is 24.2. The van der Waals surface area contributed by atoms with E-state index in [0.29, 0.717) is 12.4 Å². The first-order chi connectivity index (χ1) is 9.06. The zero-order valence-electron chi connectivity index (χ0n) is 10.7. The monoisotopic (exact) mass is 267 g/mol. The molecular weight excluding hydrogens is 250 g/mol. The van der Waals surface area contributed by atoms with Crippen molar-refractivity contribution < 1.29 is 19.8 Å². The molecule has 0 aromatic carbocycles. The number of nitrogens with zero attached hydrogens (tertiary/aromatic N) is 2. The number of aryl methyl sites for hydroxylation is 1. The first-order valence-electron chi connectivity index (χ1n) is 6.01. The molecule has 0 unspecified atom stereocenters. The van der Waals surface area contributed by atoms with Gasteiger partial charge in [-0.3, -0.25) is 0 Å². The van der Waals surface area contributed by atoms with Crippen LogP contribution in [0.2, 0.25) is 0 Å². The Labute approximate surface area is 110 Å². The van der Waals surface area contributed by atoms with Crippen molar-refractivity contribution in [3.05, 3.63) is 24.0 Å². The minimum Gasteiger partial charge on any atom is -0.477 e. The summed E-state index contributed by atoms with van der Waals surface area (Å²) in [6, 6.07) is 1.66. The van der Waals surface area contributed by atoms with Crippen molar-refractivity contribution in [2.75, 3.05) is 5.32 Å². The second-order valence-electron chi connectivity index (χ2n) is 3.96. The molecule has 0 saturated carbocycles. The molecule has 0 aliphatic heterocycles. The molecule has 7 heteroatoms. The van der Waals surface area contributed by atoms with Gasteiger partial charge in [-0.15, -0.1) is 0 Å². The number of carboxylic acid groups (broad SMARTS) is 2. The lowest BCUT2D eigenvalue weighted by molar-refractivity contribution is -0.140. The molecule has 0 atom stereocenters. The Morgan fingerprint density at radius 3 is 2.63 bits per heavy atom. The SMILES string of the molecule is CCCCCn1nccc1NC=C(C(=O)O)C(=O)O.